The minimum Gasteiger partial charge on any atom is -0.445 e. The van der Waals surface area contributed by atoms with E-state index in [1.807, 2.05) is 42.5 Å². The molecule has 1 aromatic carbocycles. The van der Waals surface area contributed by atoms with Crippen molar-refractivity contribution in [3.05, 3.63) is 53.7 Å². The number of hydrogen-bond acceptors (Lipinski definition) is 3. The van der Waals surface area contributed by atoms with Crippen molar-refractivity contribution in [2.75, 3.05) is 6.61 Å². The number of nitrogens with zero attached hydrogens (tertiary/aromatic N) is 1. The lowest BCUT2D eigenvalue weighted by Crippen LogP contribution is -1.89. The molecule has 0 unspecified atom stereocenters. The van der Waals surface area contributed by atoms with Gasteiger partial charge in [0.2, 0.25) is 5.89 Å². The van der Waals surface area contributed by atoms with E-state index in [1.54, 1.807) is 6.26 Å². The highest BCUT2D eigenvalue weighted by Gasteiger charge is 1.99. The van der Waals surface area contributed by atoms with Crippen molar-refractivity contribution >= 4 is 12.2 Å². The SMILES string of the molecule is OCCc1coc(C=Cc2ccccc2)n1. The quantitative estimate of drug-likeness (QED) is 0.851. The predicted molar refractivity (Wildman–Crippen MR) is 62.7 cm³/mol. The molecular formula is C13H13NO2. The van der Waals surface area contributed by atoms with Crippen LogP contribution in [0.5, 0.6) is 0 Å². The zero-order valence-electron chi connectivity index (χ0n) is 8.84. The second-order valence-corrected chi connectivity index (χ2v) is 3.39. The molecule has 0 spiro atoms. The Morgan fingerprint density at radius 3 is 2.75 bits per heavy atom. The molecular weight excluding hydrogens is 202 g/mol. The van der Waals surface area contributed by atoms with Crippen molar-refractivity contribution in [3.8, 4) is 0 Å². The third-order valence-corrected chi connectivity index (χ3v) is 2.16. The van der Waals surface area contributed by atoms with Crippen molar-refractivity contribution in [2.24, 2.45) is 0 Å². The van der Waals surface area contributed by atoms with Crippen LogP contribution in [0, 0.1) is 0 Å². The number of aromatic nitrogens is 1. The topological polar surface area (TPSA) is 46.3 Å². The van der Waals surface area contributed by atoms with Gasteiger partial charge in [0.15, 0.2) is 0 Å². The molecule has 0 aliphatic rings. The summed E-state index contributed by atoms with van der Waals surface area (Å²) < 4.78 is 5.23. The number of rotatable bonds is 4. The van der Waals surface area contributed by atoms with Gasteiger partial charge in [0.05, 0.1) is 5.69 Å². The molecule has 0 aliphatic carbocycles. The summed E-state index contributed by atoms with van der Waals surface area (Å²) in [7, 11) is 0. The smallest absolute Gasteiger partial charge is 0.218 e. The fourth-order valence-corrected chi connectivity index (χ4v) is 1.36. The molecule has 2 aromatic rings. The average molecular weight is 215 g/mol. The molecule has 3 heteroatoms. The highest BCUT2D eigenvalue weighted by molar-refractivity contribution is 5.65. The highest BCUT2D eigenvalue weighted by Crippen LogP contribution is 2.08. The van der Waals surface area contributed by atoms with E-state index < -0.39 is 0 Å². The van der Waals surface area contributed by atoms with Gasteiger partial charge in [0.1, 0.15) is 6.26 Å². The standard InChI is InChI=1S/C13H13NO2/c15-9-8-12-10-16-13(14-12)7-6-11-4-2-1-3-5-11/h1-7,10,15H,8-9H2. The van der Waals surface area contributed by atoms with Crippen LogP contribution in [0.4, 0.5) is 0 Å². The van der Waals surface area contributed by atoms with Crippen LogP contribution in [-0.2, 0) is 6.42 Å². The van der Waals surface area contributed by atoms with Gasteiger partial charge in [-0.15, -0.1) is 0 Å². The molecule has 82 valence electrons. The first-order valence-electron chi connectivity index (χ1n) is 5.17. The number of oxazole rings is 1. The zero-order valence-corrected chi connectivity index (χ0v) is 8.84. The summed E-state index contributed by atoms with van der Waals surface area (Å²) >= 11 is 0. The normalized spacial score (nSPS) is 11.1. The monoisotopic (exact) mass is 215 g/mol. The summed E-state index contributed by atoms with van der Waals surface area (Å²) in [6.45, 7) is 0.0916. The van der Waals surface area contributed by atoms with Gasteiger partial charge in [-0.3, -0.25) is 0 Å². The molecule has 0 saturated carbocycles. The first-order valence-corrected chi connectivity index (χ1v) is 5.17. The van der Waals surface area contributed by atoms with Gasteiger partial charge >= 0.3 is 0 Å². The summed E-state index contributed by atoms with van der Waals surface area (Å²) in [4.78, 5) is 4.20. The fraction of sp³-hybridized carbons (Fsp3) is 0.154. The van der Waals surface area contributed by atoms with Crippen molar-refractivity contribution in [1.82, 2.24) is 4.98 Å². The summed E-state index contributed by atoms with van der Waals surface area (Å²) in [6, 6.07) is 9.95. The first kappa shape index (κ1) is 10.6. The average Bonchev–Trinajstić information content (AvgIpc) is 2.76. The molecule has 0 atom stereocenters. The van der Waals surface area contributed by atoms with Gasteiger partial charge in [0, 0.05) is 19.1 Å². The Morgan fingerprint density at radius 2 is 2.00 bits per heavy atom. The van der Waals surface area contributed by atoms with Gasteiger partial charge < -0.3 is 9.52 Å². The van der Waals surface area contributed by atoms with Crippen LogP contribution in [0.25, 0.3) is 12.2 Å². The van der Waals surface area contributed by atoms with Gasteiger partial charge in [-0.1, -0.05) is 30.3 Å². The summed E-state index contributed by atoms with van der Waals surface area (Å²) in [6.07, 6.45) is 5.86. The fourth-order valence-electron chi connectivity index (χ4n) is 1.36. The summed E-state index contributed by atoms with van der Waals surface area (Å²) in [5.41, 5.74) is 1.87. The molecule has 0 bridgehead atoms. The molecule has 1 N–H and O–H groups in total. The lowest BCUT2D eigenvalue weighted by molar-refractivity contribution is 0.298. The van der Waals surface area contributed by atoms with Crippen LogP contribution in [0.3, 0.4) is 0 Å². The Hall–Kier alpha value is -1.87. The molecule has 16 heavy (non-hydrogen) atoms. The maximum absolute atomic E-state index is 8.74. The molecule has 1 heterocycles. The Bertz CT molecular complexity index is 460. The molecule has 0 amide bonds. The third-order valence-electron chi connectivity index (χ3n) is 2.16. The van der Waals surface area contributed by atoms with E-state index in [-0.39, 0.29) is 6.61 Å². The van der Waals surface area contributed by atoms with E-state index in [4.69, 9.17) is 9.52 Å². The van der Waals surface area contributed by atoms with Crippen LogP contribution in [0.1, 0.15) is 17.1 Å². The highest BCUT2D eigenvalue weighted by atomic mass is 16.3. The van der Waals surface area contributed by atoms with E-state index in [0.29, 0.717) is 12.3 Å². The number of benzene rings is 1. The third kappa shape index (κ3) is 2.81. The molecule has 3 nitrogen and oxygen atoms in total. The zero-order chi connectivity index (χ0) is 11.2. The number of aliphatic hydroxyl groups is 1. The Labute approximate surface area is 94.1 Å². The van der Waals surface area contributed by atoms with E-state index >= 15 is 0 Å². The van der Waals surface area contributed by atoms with Crippen molar-refractivity contribution in [1.29, 1.82) is 0 Å². The molecule has 0 fully saturated rings. The van der Waals surface area contributed by atoms with Gasteiger partial charge in [0.25, 0.3) is 0 Å². The van der Waals surface area contributed by atoms with E-state index in [1.165, 1.54) is 0 Å². The van der Waals surface area contributed by atoms with Crippen molar-refractivity contribution in [3.63, 3.8) is 0 Å². The summed E-state index contributed by atoms with van der Waals surface area (Å²) in [5, 5.41) is 8.74. The van der Waals surface area contributed by atoms with E-state index in [0.717, 1.165) is 11.3 Å². The van der Waals surface area contributed by atoms with Gasteiger partial charge in [-0.05, 0) is 11.6 Å². The molecule has 2 rings (SSSR count). The lowest BCUT2D eigenvalue weighted by atomic mass is 10.2. The van der Waals surface area contributed by atoms with Crippen LogP contribution < -0.4 is 0 Å². The van der Waals surface area contributed by atoms with Crippen LogP contribution in [0.2, 0.25) is 0 Å². The molecule has 0 aliphatic heterocycles. The van der Waals surface area contributed by atoms with Gasteiger partial charge in [-0.25, -0.2) is 4.98 Å². The number of hydrogen-bond donors (Lipinski definition) is 1. The predicted octanol–water partition coefficient (Wildman–Crippen LogP) is 2.38. The lowest BCUT2D eigenvalue weighted by Gasteiger charge is -1.89. The van der Waals surface area contributed by atoms with Crippen LogP contribution in [0.15, 0.2) is 41.0 Å². The largest absolute Gasteiger partial charge is 0.445 e. The Balaban J connectivity index is 2.06. The van der Waals surface area contributed by atoms with Gasteiger partial charge in [-0.2, -0.15) is 0 Å². The maximum atomic E-state index is 8.74. The maximum Gasteiger partial charge on any atom is 0.218 e. The van der Waals surface area contributed by atoms with Crippen LogP contribution in [-0.4, -0.2) is 16.7 Å². The van der Waals surface area contributed by atoms with Crippen molar-refractivity contribution in [2.45, 2.75) is 6.42 Å². The Kier molecular flexibility index (Phi) is 3.51. The van der Waals surface area contributed by atoms with Crippen molar-refractivity contribution < 1.29 is 9.52 Å². The van der Waals surface area contributed by atoms with E-state index in [2.05, 4.69) is 4.98 Å². The Morgan fingerprint density at radius 1 is 1.19 bits per heavy atom. The molecule has 1 aromatic heterocycles. The number of aliphatic hydroxyl groups excluding tert-OH is 1. The minimum atomic E-state index is 0.0916. The second kappa shape index (κ2) is 5.28. The summed E-state index contributed by atoms with van der Waals surface area (Å²) in [5.74, 6) is 0.562. The first-order chi connectivity index (χ1) is 7.88. The molecule has 0 radical (unpaired) electrons. The second-order valence-electron chi connectivity index (χ2n) is 3.39. The van der Waals surface area contributed by atoms with Crippen LogP contribution >= 0.6 is 0 Å². The van der Waals surface area contributed by atoms with E-state index in [9.17, 15) is 0 Å². The minimum absolute atomic E-state index is 0.0916. The molecule has 0 saturated heterocycles.